The molecule has 0 bridgehead atoms. The predicted molar refractivity (Wildman–Crippen MR) is 74.5 cm³/mol. The summed E-state index contributed by atoms with van der Waals surface area (Å²) >= 11 is 3.97. The first-order valence-electron chi connectivity index (χ1n) is 6.35. The smallest absolute Gasteiger partial charge is 0.434 e. The molecule has 0 spiro atoms. The lowest BCUT2D eigenvalue weighted by Crippen LogP contribution is -2.52. The lowest BCUT2D eigenvalue weighted by molar-refractivity contribution is -0.149. The van der Waals surface area contributed by atoms with Crippen LogP contribution in [0, 0.1) is 5.41 Å². The molecule has 20 heavy (non-hydrogen) atoms. The molecule has 1 saturated heterocycles. The minimum Gasteiger partial charge on any atom is -0.434 e. The molecule has 0 aromatic heterocycles. The first-order valence-corrected chi connectivity index (χ1v) is 6.99. The van der Waals surface area contributed by atoms with Crippen molar-refractivity contribution in [3.8, 4) is 0 Å². The van der Waals surface area contributed by atoms with Crippen LogP contribution in [0.2, 0.25) is 0 Å². The van der Waals surface area contributed by atoms with Gasteiger partial charge in [0.2, 0.25) is 5.91 Å². The molecule has 1 aliphatic heterocycles. The SMILES string of the molecule is CC1(C)COC(=O)OC1C(=O)NCCC(=O)NCCS. The maximum Gasteiger partial charge on any atom is 0.509 e. The van der Waals surface area contributed by atoms with Crippen molar-refractivity contribution in [2.24, 2.45) is 5.41 Å². The Morgan fingerprint density at radius 3 is 2.70 bits per heavy atom. The number of rotatable bonds is 6. The van der Waals surface area contributed by atoms with Crippen molar-refractivity contribution >= 4 is 30.6 Å². The average molecular weight is 304 g/mol. The normalized spacial score (nSPS) is 20.6. The maximum absolute atomic E-state index is 12.0. The second-order valence-electron chi connectivity index (χ2n) is 5.14. The van der Waals surface area contributed by atoms with Crippen molar-refractivity contribution in [1.82, 2.24) is 10.6 Å². The van der Waals surface area contributed by atoms with Crippen LogP contribution < -0.4 is 10.6 Å². The average Bonchev–Trinajstić information content (AvgIpc) is 2.39. The maximum atomic E-state index is 12.0. The molecule has 0 saturated carbocycles. The first-order chi connectivity index (χ1) is 9.36. The zero-order valence-corrected chi connectivity index (χ0v) is 12.5. The van der Waals surface area contributed by atoms with Gasteiger partial charge >= 0.3 is 6.16 Å². The van der Waals surface area contributed by atoms with Gasteiger partial charge < -0.3 is 20.1 Å². The van der Waals surface area contributed by atoms with Crippen LogP contribution in [0.4, 0.5) is 4.79 Å². The largest absolute Gasteiger partial charge is 0.509 e. The minimum atomic E-state index is -0.913. The number of carbonyl (C=O) groups excluding carboxylic acids is 3. The van der Waals surface area contributed by atoms with Gasteiger partial charge in [-0.15, -0.1) is 0 Å². The van der Waals surface area contributed by atoms with E-state index in [4.69, 9.17) is 9.47 Å². The van der Waals surface area contributed by atoms with E-state index in [0.717, 1.165) is 0 Å². The van der Waals surface area contributed by atoms with Crippen molar-refractivity contribution in [1.29, 1.82) is 0 Å². The van der Waals surface area contributed by atoms with E-state index in [2.05, 4.69) is 23.3 Å². The highest BCUT2D eigenvalue weighted by Crippen LogP contribution is 2.28. The van der Waals surface area contributed by atoms with Gasteiger partial charge in [0.05, 0.1) is 0 Å². The molecule has 0 aromatic rings. The molecule has 1 atom stereocenters. The summed E-state index contributed by atoms with van der Waals surface area (Å²) in [5.41, 5.74) is -0.605. The molecule has 1 fully saturated rings. The van der Waals surface area contributed by atoms with E-state index in [1.54, 1.807) is 13.8 Å². The van der Waals surface area contributed by atoms with Crippen molar-refractivity contribution in [3.63, 3.8) is 0 Å². The van der Waals surface area contributed by atoms with Crippen LogP contribution in [0.5, 0.6) is 0 Å². The Morgan fingerprint density at radius 1 is 1.35 bits per heavy atom. The molecule has 2 amide bonds. The second kappa shape index (κ2) is 7.37. The van der Waals surface area contributed by atoms with Gasteiger partial charge in [-0.2, -0.15) is 12.6 Å². The molecule has 0 aromatic carbocycles. The molecule has 1 unspecified atom stereocenters. The van der Waals surface area contributed by atoms with Gasteiger partial charge in [0.25, 0.3) is 5.91 Å². The van der Waals surface area contributed by atoms with Crippen molar-refractivity contribution < 1.29 is 23.9 Å². The number of ether oxygens (including phenoxy) is 2. The number of carbonyl (C=O) groups is 3. The van der Waals surface area contributed by atoms with Crippen LogP contribution in [-0.4, -0.2) is 49.5 Å². The third kappa shape index (κ3) is 4.92. The quantitative estimate of drug-likeness (QED) is 0.478. The molecule has 114 valence electrons. The van der Waals surface area contributed by atoms with E-state index < -0.39 is 23.6 Å². The Bertz CT molecular complexity index is 386. The Balaban J connectivity index is 2.38. The van der Waals surface area contributed by atoms with Crippen LogP contribution in [0.3, 0.4) is 0 Å². The monoisotopic (exact) mass is 304 g/mol. The van der Waals surface area contributed by atoms with Gasteiger partial charge in [-0.1, -0.05) is 13.8 Å². The zero-order valence-electron chi connectivity index (χ0n) is 11.6. The van der Waals surface area contributed by atoms with Crippen LogP contribution >= 0.6 is 12.6 Å². The third-order valence-corrected chi connectivity index (χ3v) is 3.03. The zero-order chi connectivity index (χ0) is 15.2. The molecule has 0 radical (unpaired) electrons. The van der Waals surface area contributed by atoms with Crippen LogP contribution in [0.15, 0.2) is 0 Å². The lowest BCUT2D eigenvalue weighted by atomic mass is 9.86. The molecule has 1 heterocycles. The first kappa shape index (κ1) is 16.6. The molecular weight excluding hydrogens is 284 g/mol. The molecule has 0 aliphatic carbocycles. The number of amides is 2. The van der Waals surface area contributed by atoms with Gasteiger partial charge in [-0.25, -0.2) is 4.79 Å². The molecule has 7 nitrogen and oxygen atoms in total. The van der Waals surface area contributed by atoms with Gasteiger partial charge in [0.15, 0.2) is 6.10 Å². The molecule has 2 N–H and O–H groups in total. The van der Waals surface area contributed by atoms with Gasteiger partial charge in [0.1, 0.15) is 6.61 Å². The fourth-order valence-corrected chi connectivity index (χ4v) is 1.81. The van der Waals surface area contributed by atoms with Gasteiger partial charge in [-0.3, -0.25) is 9.59 Å². The lowest BCUT2D eigenvalue weighted by Gasteiger charge is -2.35. The van der Waals surface area contributed by atoms with Gasteiger partial charge in [-0.05, 0) is 0 Å². The highest BCUT2D eigenvalue weighted by Gasteiger charge is 2.43. The summed E-state index contributed by atoms with van der Waals surface area (Å²) in [5.74, 6) is -0.0270. The van der Waals surface area contributed by atoms with Gasteiger partial charge in [0, 0.05) is 30.7 Å². The number of hydrogen-bond donors (Lipinski definition) is 3. The summed E-state index contributed by atoms with van der Waals surface area (Å²) in [6, 6.07) is 0. The second-order valence-corrected chi connectivity index (χ2v) is 5.59. The van der Waals surface area contributed by atoms with Crippen molar-refractivity contribution in [2.45, 2.75) is 26.4 Å². The summed E-state index contributed by atoms with van der Waals surface area (Å²) in [4.78, 5) is 34.4. The van der Waals surface area contributed by atoms with Crippen molar-refractivity contribution in [2.75, 3.05) is 25.4 Å². The highest BCUT2D eigenvalue weighted by atomic mass is 32.1. The van der Waals surface area contributed by atoms with Crippen LogP contribution in [-0.2, 0) is 19.1 Å². The summed E-state index contributed by atoms with van der Waals surface area (Å²) in [5, 5.41) is 5.22. The van der Waals surface area contributed by atoms with Crippen molar-refractivity contribution in [3.05, 3.63) is 0 Å². The number of cyclic esters (lactones) is 2. The van der Waals surface area contributed by atoms with E-state index in [9.17, 15) is 14.4 Å². The Morgan fingerprint density at radius 2 is 2.05 bits per heavy atom. The molecule has 8 heteroatoms. The fraction of sp³-hybridized carbons (Fsp3) is 0.750. The minimum absolute atomic E-state index is 0.117. The summed E-state index contributed by atoms with van der Waals surface area (Å²) in [6.45, 7) is 4.32. The Labute approximate surface area is 123 Å². The van der Waals surface area contributed by atoms with E-state index in [1.165, 1.54) is 0 Å². The Hall–Kier alpha value is -1.44. The standard InChI is InChI=1S/C12H20N2O5S/c1-12(2)7-18-11(17)19-9(12)10(16)14-4-3-8(15)13-5-6-20/h9,20H,3-7H2,1-2H3,(H,13,15)(H,14,16). The summed E-state index contributed by atoms with van der Waals surface area (Å²) < 4.78 is 9.65. The predicted octanol–water partition coefficient (Wildman–Crippen LogP) is 0.100. The fourth-order valence-electron chi connectivity index (χ4n) is 1.69. The Kier molecular flexibility index (Phi) is 6.12. The molecule has 1 aliphatic rings. The number of nitrogens with one attached hydrogen (secondary N) is 2. The van der Waals surface area contributed by atoms with E-state index >= 15 is 0 Å². The number of hydrogen-bond acceptors (Lipinski definition) is 6. The summed E-state index contributed by atoms with van der Waals surface area (Å²) in [6.07, 6.45) is -1.60. The number of thiol groups is 1. The van der Waals surface area contributed by atoms with E-state index in [-0.39, 0.29) is 25.5 Å². The highest BCUT2D eigenvalue weighted by molar-refractivity contribution is 7.80. The summed E-state index contributed by atoms with van der Waals surface area (Å²) in [7, 11) is 0. The van der Waals surface area contributed by atoms with E-state index in [1.807, 2.05) is 0 Å². The van der Waals surface area contributed by atoms with E-state index in [0.29, 0.717) is 12.3 Å². The molecular formula is C12H20N2O5S. The topological polar surface area (TPSA) is 93.7 Å². The molecule has 1 rings (SSSR count). The third-order valence-electron chi connectivity index (χ3n) is 2.81. The van der Waals surface area contributed by atoms with Crippen LogP contribution in [0.25, 0.3) is 0 Å². The van der Waals surface area contributed by atoms with Crippen LogP contribution in [0.1, 0.15) is 20.3 Å².